The number of hydroxylamine groups is 1. The lowest BCUT2D eigenvalue weighted by Crippen LogP contribution is -2.35. The maximum Gasteiger partial charge on any atom is 0.276 e. The van der Waals surface area contributed by atoms with Gasteiger partial charge < -0.3 is 15.0 Å². The van der Waals surface area contributed by atoms with E-state index in [4.69, 9.17) is 21.5 Å². The van der Waals surface area contributed by atoms with E-state index in [2.05, 4.69) is 24.1 Å². The molecule has 1 aromatic rings. The van der Waals surface area contributed by atoms with Gasteiger partial charge in [-0.1, -0.05) is 25.4 Å². The van der Waals surface area contributed by atoms with Crippen LogP contribution >= 0.6 is 24.0 Å². The fourth-order valence-corrected chi connectivity index (χ4v) is 2.35. The van der Waals surface area contributed by atoms with Crippen molar-refractivity contribution in [1.29, 1.82) is 0 Å². The smallest absolute Gasteiger partial charge is 0.276 e. The van der Waals surface area contributed by atoms with Crippen molar-refractivity contribution in [1.82, 2.24) is 15.7 Å². The average Bonchev–Trinajstić information content (AvgIpc) is 2.57. The SMILES string of the molecule is CCN(CC)CCNC(=O)c1cc(Cl)c(C(=O)NO)cc1OC.Cl. The van der Waals surface area contributed by atoms with Crippen LogP contribution in [0.5, 0.6) is 5.75 Å². The largest absolute Gasteiger partial charge is 0.496 e. The van der Waals surface area contributed by atoms with Crippen LogP contribution in [0.3, 0.4) is 0 Å². The zero-order chi connectivity index (χ0) is 17.4. The summed E-state index contributed by atoms with van der Waals surface area (Å²) in [5, 5.41) is 11.5. The standard InChI is InChI=1S/C15H22ClN3O4.ClH/c1-4-19(5-2)7-6-17-14(20)11-8-12(16)10(15(21)18-22)9-13(11)23-3;/h8-9,22H,4-7H2,1-3H3,(H,17,20)(H,18,21);1H. The molecule has 0 heterocycles. The van der Waals surface area contributed by atoms with E-state index in [0.29, 0.717) is 6.54 Å². The minimum absolute atomic E-state index is 0. The van der Waals surface area contributed by atoms with E-state index in [-0.39, 0.29) is 40.2 Å². The highest BCUT2D eigenvalue weighted by Crippen LogP contribution is 2.27. The molecule has 0 spiro atoms. The topological polar surface area (TPSA) is 90.9 Å². The number of carbonyl (C=O) groups is 2. The highest BCUT2D eigenvalue weighted by atomic mass is 35.5. The normalized spacial score (nSPS) is 10.1. The molecule has 136 valence electrons. The number of hydrogen-bond donors (Lipinski definition) is 3. The highest BCUT2D eigenvalue weighted by Gasteiger charge is 2.19. The summed E-state index contributed by atoms with van der Waals surface area (Å²) in [6, 6.07) is 2.66. The first-order valence-corrected chi connectivity index (χ1v) is 7.68. The van der Waals surface area contributed by atoms with E-state index in [1.807, 2.05) is 0 Å². The number of nitrogens with zero attached hydrogens (tertiary/aromatic N) is 1. The Morgan fingerprint density at radius 2 is 1.83 bits per heavy atom. The summed E-state index contributed by atoms with van der Waals surface area (Å²) in [4.78, 5) is 25.9. The molecule has 0 unspecified atom stereocenters. The van der Waals surface area contributed by atoms with Crippen molar-refractivity contribution in [2.24, 2.45) is 0 Å². The molecule has 9 heteroatoms. The summed E-state index contributed by atoms with van der Waals surface area (Å²) in [5.74, 6) is -0.915. The monoisotopic (exact) mass is 379 g/mol. The number of ether oxygens (including phenoxy) is 1. The third-order valence-electron chi connectivity index (χ3n) is 3.49. The van der Waals surface area contributed by atoms with Gasteiger partial charge in [-0.2, -0.15) is 0 Å². The van der Waals surface area contributed by atoms with Gasteiger partial charge in [-0.05, 0) is 25.2 Å². The summed E-state index contributed by atoms with van der Waals surface area (Å²) in [6.45, 7) is 7.15. The van der Waals surface area contributed by atoms with Crippen LogP contribution in [0, 0.1) is 0 Å². The number of halogens is 2. The maximum absolute atomic E-state index is 12.3. The number of amides is 2. The molecule has 0 bridgehead atoms. The fraction of sp³-hybridized carbons (Fsp3) is 0.467. The molecule has 0 aromatic heterocycles. The third-order valence-corrected chi connectivity index (χ3v) is 3.80. The van der Waals surface area contributed by atoms with E-state index in [1.165, 1.54) is 24.7 Å². The van der Waals surface area contributed by atoms with Gasteiger partial charge in [-0.15, -0.1) is 12.4 Å². The quantitative estimate of drug-likeness (QED) is 0.474. The van der Waals surface area contributed by atoms with Crippen molar-refractivity contribution in [3.63, 3.8) is 0 Å². The summed E-state index contributed by atoms with van der Waals surface area (Å²) in [7, 11) is 1.39. The van der Waals surface area contributed by atoms with Crippen molar-refractivity contribution >= 4 is 35.8 Å². The first-order chi connectivity index (χ1) is 11.0. The molecule has 0 aliphatic carbocycles. The molecule has 7 nitrogen and oxygen atoms in total. The van der Waals surface area contributed by atoms with Gasteiger partial charge in [0.15, 0.2) is 0 Å². The second-order valence-corrected chi connectivity index (χ2v) is 5.16. The second-order valence-electron chi connectivity index (χ2n) is 4.76. The van der Waals surface area contributed by atoms with Gasteiger partial charge in [0.2, 0.25) is 0 Å². The summed E-state index contributed by atoms with van der Waals surface area (Å²) in [6.07, 6.45) is 0. The average molecular weight is 380 g/mol. The molecule has 3 N–H and O–H groups in total. The molecule has 1 rings (SSSR count). The van der Waals surface area contributed by atoms with Crippen molar-refractivity contribution in [3.8, 4) is 5.75 Å². The number of benzene rings is 1. The van der Waals surface area contributed by atoms with Crippen molar-refractivity contribution in [3.05, 3.63) is 28.3 Å². The number of rotatable bonds is 8. The molecule has 0 aliphatic rings. The number of likely N-dealkylation sites (N-methyl/N-ethyl adjacent to an activating group) is 1. The molecule has 0 saturated carbocycles. The predicted octanol–water partition coefficient (Wildman–Crippen LogP) is 1.96. The molecular weight excluding hydrogens is 357 g/mol. The lowest BCUT2D eigenvalue weighted by atomic mass is 10.1. The van der Waals surface area contributed by atoms with Gasteiger partial charge in [-0.25, -0.2) is 5.48 Å². The minimum atomic E-state index is -0.776. The molecule has 0 saturated heterocycles. The minimum Gasteiger partial charge on any atom is -0.496 e. The third kappa shape index (κ3) is 5.83. The van der Waals surface area contributed by atoms with Crippen LogP contribution in [0.15, 0.2) is 12.1 Å². The Morgan fingerprint density at radius 3 is 2.33 bits per heavy atom. The van der Waals surface area contributed by atoms with E-state index in [9.17, 15) is 9.59 Å². The molecular formula is C15H23Cl2N3O4. The molecule has 0 radical (unpaired) electrons. The lowest BCUT2D eigenvalue weighted by molar-refractivity contribution is 0.0705. The van der Waals surface area contributed by atoms with Crippen LogP contribution in [0.2, 0.25) is 5.02 Å². The fourth-order valence-electron chi connectivity index (χ4n) is 2.10. The Balaban J connectivity index is 0.00000529. The molecule has 0 aliphatic heterocycles. The van der Waals surface area contributed by atoms with Crippen LogP contribution in [-0.4, -0.2) is 55.2 Å². The number of hydrogen-bond acceptors (Lipinski definition) is 5. The lowest BCUT2D eigenvalue weighted by Gasteiger charge is -2.18. The van der Waals surface area contributed by atoms with Gasteiger partial charge >= 0.3 is 0 Å². The number of carbonyl (C=O) groups excluding carboxylic acids is 2. The van der Waals surface area contributed by atoms with Crippen LogP contribution < -0.4 is 15.5 Å². The summed E-state index contributed by atoms with van der Waals surface area (Å²) >= 11 is 5.99. The van der Waals surface area contributed by atoms with Crippen LogP contribution in [0.4, 0.5) is 0 Å². The first kappa shape index (κ1) is 22.5. The van der Waals surface area contributed by atoms with E-state index in [1.54, 1.807) is 0 Å². The van der Waals surface area contributed by atoms with E-state index in [0.717, 1.165) is 19.6 Å². The van der Waals surface area contributed by atoms with Crippen molar-refractivity contribution < 1.29 is 19.5 Å². The van der Waals surface area contributed by atoms with Gasteiger partial charge in [0.25, 0.3) is 11.8 Å². The summed E-state index contributed by atoms with van der Waals surface area (Å²) in [5.41, 5.74) is 1.74. The second kappa shape index (κ2) is 11.1. The van der Waals surface area contributed by atoms with Gasteiger partial charge in [-0.3, -0.25) is 14.8 Å². The Kier molecular flexibility index (Phi) is 10.4. The zero-order valence-electron chi connectivity index (χ0n) is 13.9. The Hall–Kier alpha value is -1.54. The molecule has 0 fully saturated rings. The number of nitrogens with one attached hydrogen (secondary N) is 2. The van der Waals surface area contributed by atoms with Gasteiger partial charge in [0.1, 0.15) is 5.75 Å². The Morgan fingerprint density at radius 1 is 1.21 bits per heavy atom. The Bertz CT molecular complexity index is 566. The van der Waals surface area contributed by atoms with Gasteiger partial charge in [0, 0.05) is 13.1 Å². The van der Waals surface area contributed by atoms with Crippen LogP contribution in [-0.2, 0) is 0 Å². The van der Waals surface area contributed by atoms with E-state index < -0.39 is 5.91 Å². The number of methoxy groups -OCH3 is 1. The van der Waals surface area contributed by atoms with Crippen LogP contribution in [0.1, 0.15) is 34.6 Å². The van der Waals surface area contributed by atoms with E-state index >= 15 is 0 Å². The molecule has 24 heavy (non-hydrogen) atoms. The first-order valence-electron chi connectivity index (χ1n) is 7.30. The van der Waals surface area contributed by atoms with Crippen molar-refractivity contribution in [2.45, 2.75) is 13.8 Å². The van der Waals surface area contributed by atoms with Crippen molar-refractivity contribution in [2.75, 3.05) is 33.3 Å². The molecule has 2 amide bonds. The predicted molar refractivity (Wildman–Crippen MR) is 94.6 cm³/mol. The zero-order valence-corrected chi connectivity index (χ0v) is 15.5. The van der Waals surface area contributed by atoms with Crippen LogP contribution in [0.25, 0.3) is 0 Å². The molecule has 0 atom stereocenters. The Labute approximate surface area is 152 Å². The highest BCUT2D eigenvalue weighted by molar-refractivity contribution is 6.34. The maximum atomic E-state index is 12.3. The van der Waals surface area contributed by atoms with Gasteiger partial charge in [0.05, 0.1) is 23.3 Å². The molecule has 1 aromatic carbocycles. The summed E-state index contributed by atoms with van der Waals surface area (Å²) < 4.78 is 5.14.